The third-order valence-electron chi connectivity index (χ3n) is 4.53. The molecule has 3 N–H and O–H groups in total. The van der Waals surface area contributed by atoms with Crippen LogP contribution in [-0.2, 0) is 16.1 Å². The Kier molecular flexibility index (Phi) is 8.62. The highest BCUT2D eigenvalue weighted by atomic mass is 16.5. The van der Waals surface area contributed by atoms with Gasteiger partial charge in [-0.25, -0.2) is 9.59 Å². The van der Waals surface area contributed by atoms with Gasteiger partial charge in [0.15, 0.2) is 12.4 Å². The maximum Gasteiger partial charge on any atom is 0.338 e. The van der Waals surface area contributed by atoms with Crippen LogP contribution in [0.15, 0.2) is 78.9 Å². The zero-order chi connectivity index (χ0) is 24.3. The first kappa shape index (κ1) is 24.3. The van der Waals surface area contributed by atoms with Gasteiger partial charge in [0.05, 0.1) is 11.3 Å². The molecule has 0 saturated heterocycles. The fraction of sp³-hybridized carbons (Fsp3) is 0.192. The van der Waals surface area contributed by atoms with E-state index < -0.39 is 18.5 Å². The van der Waals surface area contributed by atoms with Gasteiger partial charge in [-0.15, -0.1) is 0 Å². The Bertz CT molecular complexity index is 1110. The monoisotopic (exact) mass is 461 g/mol. The lowest BCUT2D eigenvalue weighted by Gasteiger charge is -2.12. The van der Waals surface area contributed by atoms with Gasteiger partial charge in [0, 0.05) is 12.6 Å². The van der Waals surface area contributed by atoms with Crippen molar-refractivity contribution in [1.82, 2.24) is 10.6 Å². The highest BCUT2D eigenvalue weighted by Gasteiger charge is 2.13. The summed E-state index contributed by atoms with van der Waals surface area (Å²) in [6, 6.07) is 22.6. The predicted molar refractivity (Wildman–Crippen MR) is 129 cm³/mol. The zero-order valence-corrected chi connectivity index (χ0v) is 19.0. The number of para-hydroxylation sites is 3. The molecule has 8 heteroatoms. The average molecular weight is 462 g/mol. The molecule has 0 fully saturated rings. The van der Waals surface area contributed by atoms with Crippen molar-refractivity contribution < 1.29 is 23.9 Å². The Morgan fingerprint density at radius 3 is 2.24 bits per heavy atom. The van der Waals surface area contributed by atoms with Crippen LogP contribution in [0.4, 0.5) is 10.5 Å². The van der Waals surface area contributed by atoms with Crippen LogP contribution in [0.3, 0.4) is 0 Å². The number of anilines is 1. The molecule has 0 spiro atoms. The van der Waals surface area contributed by atoms with E-state index in [1.807, 2.05) is 44.2 Å². The Morgan fingerprint density at radius 2 is 1.53 bits per heavy atom. The van der Waals surface area contributed by atoms with Crippen LogP contribution in [0.25, 0.3) is 0 Å². The molecule has 34 heavy (non-hydrogen) atoms. The molecule has 0 aromatic heterocycles. The van der Waals surface area contributed by atoms with Crippen molar-refractivity contribution in [2.24, 2.45) is 0 Å². The molecule has 0 unspecified atom stereocenters. The second-order valence-corrected chi connectivity index (χ2v) is 7.71. The predicted octanol–water partition coefficient (Wildman–Crippen LogP) is 4.48. The normalized spacial score (nSPS) is 10.3. The minimum absolute atomic E-state index is 0.0409. The molecule has 0 bridgehead atoms. The molecule has 176 valence electrons. The van der Waals surface area contributed by atoms with Gasteiger partial charge in [-0.1, -0.05) is 42.5 Å². The summed E-state index contributed by atoms with van der Waals surface area (Å²) in [5, 5.41) is 8.17. The number of hydrogen-bond acceptors (Lipinski definition) is 5. The number of esters is 1. The van der Waals surface area contributed by atoms with E-state index in [4.69, 9.17) is 9.47 Å². The first-order valence-electron chi connectivity index (χ1n) is 10.8. The van der Waals surface area contributed by atoms with Gasteiger partial charge < -0.3 is 25.4 Å². The Hall–Kier alpha value is -4.33. The summed E-state index contributed by atoms with van der Waals surface area (Å²) in [4.78, 5) is 36.3. The molecular weight excluding hydrogens is 434 g/mol. The summed E-state index contributed by atoms with van der Waals surface area (Å²) in [5.74, 6) is -0.00930. The standard InChI is InChI=1S/C26H27N3O5/c1-18(2)28-26(32)27-16-19-12-14-20(15-13-19)25(31)33-17-24(30)29-22-10-6-7-11-23(22)34-21-8-4-3-5-9-21/h3-15,18H,16-17H2,1-2H3,(H,29,30)(H2,27,28,32). The van der Waals surface area contributed by atoms with Crippen LogP contribution in [0.1, 0.15) is 29.8 Å². The van der Waals surface area contributed by atoms with E-state index in [1.165, 1.54) is 0 Å². The molecule has 0 radical (unpaired) electrons. The number of ether oxygens (including phenoxy) is 2. The van der Waals surface area contributed by atoms with Crippen LogP contribution in [0.5, 0.6) is 11.5 Å². The smallest absolute Gasteiger partial charge is 0.338 e. The summed E-state index contributed by atoms with van der Waals surface area (Å²) >= 11 is 0. The van der Waals surface area contributed by atoms with Crippen LogP contribution in [-0.4, -0.2) is 30.6 Å². The Balaban J connectivity index is 1.49. The van der Waals surface area contributed by atoms with Crippen molar-refractivity contribution >= 4 is 23.6 Å². The van der Waals surface area contributed by atoms with Crippen molar-refractivity contribution in [3.05, 3.63) is 90.0 Å². The van der Waals surface area contributed by atoms with E-state index in [-0.39, 0.29) is 12.1 Å². The van der Waals surface area contributed by atoms with E-state index in [1.54, 1.807) is 48.5 Å². The Morgan fingerprint density at radius 1 is 0.853 bits per heavy atom. The molecule has 0 heterocycles. The number of carbonyl (C=O) groups excluding carboxylic acids is 3. The SMILES string of the molecule is CC(C)NC(=O)NCc1ccc(C(=O)OCC(=O)Nc2ccccc2Oc2ccccc2)cc1. The summed E-state index contributed by atoms with van der Waals surface area (Å²) in [6.07, 6.45) is 0. The largest absolute Gasteiger partial charge is 0.455 e. The number of carbonyl (C=O) groups is 3. The van der Waals surface area contributed by atoms with Crippen molar-refractivity contribution in [3.8, 4) is 11.5 Å². The second kappa shape index (κ2) is 12.1. The zero-order valence-electron chi connectivity index (χ0n) is 19.0. The van der Waals surface area contributed by atoms with Gasteiger partial charge >= 0.3 is 12.0 Å². The first-order valence-corrected chi connectivity index (χ1v) is 10.8. The third-order valence-corrected chi connectivity index (χ3v) is 4.53. The third kappa shape index (κ3) is 7.67. The fourth-order valence-electron chi connectivity index (χ4n) is 2.93. The molecule has 0 aliphatic heterocycles. The molecule has 0 saturated carbocycles. The van der Waals surface area contributed by atoms with E-state index in [9.17, 15) is 14.4 Å². The quantitative estimate of drug-likeness (QED) is 0.408. The lowest BCUT2D eigenvalue weighted by Crippen LogP contribution is -2.39. The van der Waals surface area contributed by atoms with Gasteiger partial charge in [0.25, 0.3) is 5.91 Å². The van der Waals surface area contributed by atoms with Crippen LogP contribution in [0, 0.1) is 0 Å². The first-order chi connectivity index (χ1) is 16.4. The van der Waals surface area contributed by atoms with Gasteiger partial charge in [-0.3, -0.25) is 4.79 Å². The maximum absolute atomic E-state index is 12.3. The summed E-state index contributed by atoms with van der Waals surface area (Å²) in [7, 11) is 0. The van der Waals surface area contributed by atoms with Crippen LogP contribution in [0.2, 0.25) is 0 Å². The van der Waals surface area contributed by atoms with Gasteiger partial charge in [0.2, 0.25) is 0 Å². The van der Waals surface area contributed by atoms with Crippen LogP contribution >= 0.6 is 0 Å². The lowest BCUT2D eigenvalue weighted by atomic mass is 10.1. The van der Waals surface area contributed by atoms with Crippen molar-refractivity contribution in [2.75, 3.05) is 11.9 Å². The number of benzene rings is 3. The van der Waals surface area contributed by atoms with Gasteiger partial charge in [-0.2, -0.15) is 0 Å². The molecule has 3 aromatic carbocycles. The van der Waals surface area contributed by atoms with Crippen molar-refractivity contribution in [1.29, 1.82) is 0 Å². The molecular formula is C26H27N3O5. The minimum Gasteiger partial charge on any atom is -0.455 e. The minimum atomic E-state index is -0.624. The molecule has 0 aliphatic rings. The summed E-state index contributed by atoms with van der Waals surface area (Å²) in [5.41, 5.74) is 1.59. The van der Waals surface area contributed by atoms with Crippen molar-refractivity contribution in [3.63, 3.8) is 0 Å². The molecule has 8 nitrogen and oxygen atoms in total. The molecule has 3 amide bonds. The lowest BCUT2D eigenvalue weighted by molar-refractivity contribution is -0.119. The Labute approximate surface area is 198 Å². The number of rotatable bonds is 9. The van der Waals surface area contributed by atoms with Crippen molar-refractivity contribution in [2.45, 2.75) is 26.4 Å². The molecule has 3 aromatic rings. The summed E-state index contributed by atoms with van der Waals surface area (Å²) in [6.45, 7) is 3.62. The number of hydrogen-bond donors (Lipinski definition) is 3. The van der Waals surface area contributed by atoms with E-state index in [0.29, 0.717) is 29.3 Å². The van der Waals surface area contributed by atoms with Crippen LogP contribution < -0.4 is 20.7 Å². The average Bonchev–Trinajstić information content (AvgIpc) is 2.83. The molecule has 3 rings (SSSR count). The summed E-state index contributed by atoms with van der Waals surface area (Å²) < 4.78 is 10.9. The number of nitrogens with one attached hydrogen (secondary N) is 3. The highest BCUT2D eigenvalue weighted by Crippen LogP contribution is 2.29. The topological polar surface area (TPSA) is 106 Å². The maximum atomic E-state index is 12.3. The van der Waals surface area contributed by atoms with Gasteiger partial charge in [-0.05, 0) is 55.8 Å². The van der Waals surface area contributed by atoms with E-state index in [0.717, 1.165) is 5.56 Å². The number of urea groups is 1. The van der Waals surface area contributed by atoms with E-state index in [2.05, 4.69) is 16.0 Å². The fourth-order valence-corrected chi connectivity index (χ4v) is 2.93. The molecule has 0 atom stereocenters. The second-order valence-electron chi connectivity index (χ2n) is 7.71. The highest BCUT2D eigenvalue weighted by molar-refractivity contribution is 5.96. The number of amides is 3. The van der Waals surface area contributed by atoms with E-state index >= 15 is 0 Å². The molecule has 0 aliphatic carbocycles. The van der Waals surface area contributed by atoms with Gasteiger partial charge in [0.1, 0.15) is 5.75 Å².